The molecule has 1 rings (SSSR count). The molecule has 1 aromatic carbocycles. The van der Waals surface area contributed by atoms with Crippen molar-refractivity contribution in [1.29, 1.82) is 5.26 Å². The third-order valence-electron chi connectivity index (χ3n) is 1.80. The summed E-state index contributed by atoms with van der Waals surface area (Å²) < 4.78 is 5.24. The summed E-state index contributed by atoms with van der Waals surface area (Å²) in [6.45, 7) is 0. The number of nitriles is 1. The van der Waals surface area contributed by atoms with Crippen molar-refractivity contribution < 1.29 is 9.66 Å². The number of hydrogen-bond acceptors (Lipinski definition) is 4. The molecular weight excluding hydrogens is 264 g/mol. The average molecular weight is 271 g/mol. The number of rotatable bonds is 3. The zero-order chi connectivity index (χ0) is 11.4. The van der Waals surface area contributed by atoms with Gasteiger partial charge in [0.2, 0.25) is 0 Å². The molecule has 6 heteroatoms. The van der Waals surface area contributed by atoms with E-state index in [1.54, 1.807) is 6.07 Å². The molecule has 0 aliphatic carbocycles. The minimum atomic E-state index is -0.520. The zero-order valence-electron chi connectivity index (χ0n) is 7.86. The summed E-state index contributed by atoms with van der Waals surface area (Å²) in [5, 5.41) is 19.2. The molecule has 0 saturated heterocycles. The molecule has 0 aliphatic heterocycles. The highest BCUT2D eigenvalue weighted by Gasteiger charge is 2.17. The van der Waals surface area contributed by atoms with Crippen molar-refractivity contribution in [2.75, 3.05) is 7.11 Å². The quantitative estimate of drug-likeness (QED) is 0.624. The number of nitrogens with zero attached hydrogens (tertiary/aromatic N) is 2. The first-order valence-corrected chi connectivity index (χ1v) is 4.77. The molecule has 0 spiro atoms. The van der Waals surface area contributed by atoms with Gasteiger partial charge in [-0.2, -0.15) is 5.26 Å². The number of methoxy groups -OCH3 is 1. The lowest BCUT2D eigenvalue weighted by Crippen LogP contribution is -1.95. The van der Waals surface area contributed by atoms with Crippen LogP contribution in [0.5, 0.6) is 5.75 Å². The van der Waals surface area contributed by atoms with Crippen molar-refractivity contribution in [2.45, 2.75) is 6.42 Å². The highest BCUT2D eigenvalue weighted by molar-refractivity contribution is 9.10. The number of nitro benzene ring substituents is 1. The summed E-state index contributed by atoms with van der Waals surface area (Å²) in [5.41, 5.74) is 0.447. The average Bonchev–Trinajstić information content (AvgIpc) is 2.21. The van der Waals surface area contributed by atoms with Crippen LogP contribution in [-0.2, 0) is 6.42 Å². The predicted molar refractivity (Wildman–Crippen MR) is 56.7 cm³/mol. The second-order valence-electron chi connectivity index (χ2n) is 2.71. The van der Waals surface area contributed by atoms with Gasteiger partial charge in [-0.05, 0) is 27.6 Å². The van der Waals surface area contributed by atoms with Gasteiger partial charge < -0.3 is 4.74 Å². The maximum Gasteiger partial charge on any atom is 0.287 e. The molecule has 0 atom stereocenters. The molecule has 0 heterocycles. The van der Waals surface area contributed by atoms with Gasteiger partial charge in [-0.3, -0.25) is 10.1 Å². The van der Waals surface area contributed by atoms with E-state index in [1.807, 2.05) is 6.07 Å². The molecule has 1 aromatic rings. The van der Waals surface area contributed by atoms with Crippen LogP contribution in [-0.4, -0.2) is 12.0 Å². The van der Waals surface area contributed by atoms with Crippen molar-refractivity contribution in [1.82, 2.24) is 0 Å². The van der Waals surface area contributed by atoms with Gasteiger partial charge in [0.15, 0.2) is 0 Å². The fourth-order valence-corrected chi connectivity index (χ4v) is 1.62. The molecule has 0 fully saturated rings. The zero-order valence-corrected chi connectivity index (χ0v) is 9.44. The normalized spacial score (nSPS) is 9.40. The highest BCUT2D eigenvalue weighted by atomic mass is 79.9. The molecule has 15 heavy (non-hydrogen) atoms. The Morgan fingerprint density at radius 2 is 2.33 bits per heavy atom. The van der Waals surface area contributed by atoms with Gasteiger partial charge in [-0.25, -0.2) is 0 Å². The first-order chi connectivity index (χ1) is 7.10. The van der Waals surface area contributed by atoms with Crippen LogP contribution in [0, 0.1) is 21.4 Å². The molecule has 0 aromatic heterocycles. The fourth-order valence-electron chi connectivity index (χ4n) is 1.10. The molecule has 78 valence electrons. The van der Waals surface area contributed by atoms with Crippen molar-refractivity contribution in [3.05, 3.63) is 32.3 Å². The molecule has 0 unspecified atom stereocenters. The largest absolute Gasteiger partial charge is 0.496 e. The van der Waals surface area contributed by atoms with Gasteiger partial charge in [-0.15, -0.1) is 0 Å². The summed E-state index contributed by atoms with van der Waals surface area (Å²) in [4.78, 5) is 10.2. The van der Waals surface area contributed by atoms with E-state index in [-0.39, 0.29) is 12.1 Å². The van der Waals surface area contributed by atoms with Crippen LogP contribution in [0.2, 0.25) is 0 Å². The number of benzene rings is 1. The second-order valence-corrected chi connectivity index (χ2v) is 3.50. The minimum Gasteiger partial charge on any atom is -0.496 e. The molecule has 0 radical (unpaired) electrons. The standard InChI is InChI=1S/C9H7BrN2O3/c1-15-7-4-6(2-3-11)9(10)8(5-7)12(13)14/h4-5H,2H2,1H3. The Hall–Kier alpha value is -1.61. The molecule has 5 nitrogen and oxygen atoms in total. The van der Waals surface area contributed by atoms with Crippen LogP contribution in [0.4, 0.5) is 5.69 Å². The van der Waals surface area contributed by atoms with E-state index in [9.17, 15) is 10.1 Å². The van der Waals surface area contributed by atoms with E-state index in [0.717, 1.165) is 0 Å². The first kappa shape index (κ1) is 11.5. The lowest BCUT2D eigenvalue weighted by molar-refractivity contribution is -0.385. The van der Waals surface area contributed by atoms with E-state index >= 15 is 0 Å². The van der Waals surface area contributed by atoms with Crippen LogP contribution in [0.3, 0.4) is 0 Å². The third-order valence-corrected chi connectivity index (χ3v) is 2.72. The molecule has 0 amide bonds. The summed E-state index contributed by atoms with van der Waals surface area (Å²) in [5.74, 6) is 0.371. The highest BCUT2D eigenvalue weighted by Crippen LogP contribution is 2.33. The van der Waals surface area contributed by atoms with E-state index in [2.05, 4.69) is 15.9 Å². The molecule has 0 bridgehead atoms. The van der Waals surface area contributed by atoms with Gasteiger partial charge in [-0.1, -0.05) is 0 Å². The number of halogens is 1. The van der Waals surface area contributed by atoms with Crippen molar-refractivity contribution >= 4 is 21.6 Å². The smallest absolute Gasteiger partial charge is 0.287 e. The molecule has 0 N–H and O–H groups in total. The lowest BCUT2D eigenvalue weighted by Gasteiger charge is -2.05. The van der Waals surface area contributed by atoms with E-state index < -0.39 is 4.92 Å². The molecule has 0 saturated carbocycles. The Balaban J connectivity index is 3.34. The molecular formula is C9H7BrN2O3. The maximum absolute atomic E-state index is 10.7. The van der Waals surface area contributed by atoms with E-state index in [0.29, 0.717) is 15.8 Å². The Morgan fingerprint density at radius 1 is 1.67 bits per heavy atom. The van der Waals surface area contributed by atoms with Gasteiger partial charge in [0.1, 0.15) is 5.75 Å². The maximum atomic E-state index is 10.7. The topological polar surface area (TPSA) is 76.2 Å². The Morgan fingerprint density at radius 3 is 2.80 bits per heavy atom. The summed E-state index contributed by atoms with van der Waals surface area (Å²) in [7, 11) is 1.42. The summed E-state index contributed by atoms with van der Waals surface area (Å²) in [6, 6.07) is 4.84. The second kappa shape index (κ2) is 4.75. The monoisotopic (exact) mass is 270 g/mol. The van der Waals surface area contributed by atoms with Gasteiger partial charge in [0, 0.05) is 0 Å². The third kappa shape index (κ3) is 2.44. The van der Waals surface area contributed by atoms with Crippen LogP contribution in [0.1, 0.15) is 5.56 Å². The Bertz CT molecular complexity index is 440. The van der Waals surface area contributed by atoms with E-state index in [4.69, 9.17) is 10.00 Å². The van der Waals surface area contributed by atoms with Crippen molar-refractivity contribution in [3.8, 4) is 11.8 Å². The van der Waals surface area contributed by atoms with Crippen LogP contribution < -0.4 is 4.74 Å². The van der Waals surface area contributed by atoms with Crippen LogP contribution >= 0.6 is 15.9 Å². The van der Waals surface area contributed by atoms with Crippen molar-refractivity contribution in [2.24, 2.45) is 0 Å². The number of hydrogen-bond donors (Lipinski definition) is 0. The van der Waals surface area contributed by atoms with Gasteiger partial charge in [0.25, 0.3) is 5.69 Å². The summed E-state index contributed by atoms with van der Waals surface area (Å²) in [6.07, 6.45) is 0.0959. The summed E-state index contributed by atoms with van der Waals surface area (Å²) >= 11 is 3.10. The van der Waals surface area contributed by atoms with Crippen LogP contribution in [0.25, 0.3) is 0 Å². The van der Waals surface area contributed by atoms with Crippen LogP contribution in [0.15, 0.2) is 16.6 Å². The van der Waals surface area contributed by atoms with Gasteiger partial charge >= 0.3 is 0 Å². The molecule has 0 aliphatic rings. The van der Waals surface area contributed by atoms with Gasteiger partial charge in [0.05, 0.1) is 35.1 Å². The van der Waals surface area contributed by atoms with E-state index in [1.165, 1.54) is 13.2 Å². The number of nitro groups is 1. The van der Waals surface area contributed by atoms with Crippen molar-refractivity contribution in [3.63, 3.8) is 0 Å². The SMILES string of the molecule is COc1cc(CC#N)c(Br)c([N+](=O)[O-])c1. The Kier molecular flexibility index (Phi) is 3.63. The fraction of sp³-hybridized carbons (Fsp3) is 0.222. The first-order valence-electron chi connectivity index (χ1n) is 3.98. The minimum absolute atomic E-state index is 0.0959. The Labute approximate surface area is 94.6 Å². The lowest BCUT2D eigenvalue weighted by atomic mass is 10.1. The number of ether oxygens (including phenoxy) is 1. The predicted octanol–water partition coefficient (Wildman–Crippen LogP) is 2.43.